The van der Waals surface area contributed by atoms with Crippen molar-refractivity contribution in [2.75, 3.05) is 0 Å². The molecule has 0 unspecified atom stereocenters. The number of benzene rings is 4. The van der Waals surface area contributed by atoms with E-state index < -0.39 is 20.2 Å². The predicted octanol–water partition coefficient (Wildman–Crippen LogP) is 6.92. The van der Waals surface area contributed by atoms with E-state index in [1.165, 1.54) is 0 Å². The van der Waals surface area contributed by atoms with Crippen LogP contribution in [0.3, 0.4) is 0 Å². The monoisotopic (exact) mass is 622 g/mol. The number of rotatable bonds is 10. The molecule has 4 aromatic carbocycles. The fraction of sp³-hybridized carbons (Fsp3) is 0.375. The van der Waals surface area contributed by atoms with Crippen LogP contribution in [0.2, 0.25) is 0 Å². The van der Waals surface area contributed by atoms with Gasteiger partial charge in [0.1, 0.15) is 20.2 Å². The molecule has 9 heteroatoms. The fourth-order valence-corrected chi connectivity index (χ4v) is 6.98. The molecule has 41 heavy (non-hydrogen) atoms. The van der Waals surface area contributed by atoms with E-state index >= 15 is 0 Å². The summed E-state index contributed by atoms with van der Waals surface area (Å²) in [5.74, 6) is 0. The topological polar surface area (TPSA) is 114 Å². The van der Waals surface area contributed by atoms with Gasteiger partial charge in [-0.1, -0.05) is 102 Å². The Morgan fingerprint density at radius 1 is 0.512 bits per heavy atom. The van der Waals surface area contributed by atoms with Crippen LogP contribution in [0.5, 0.6) is 0 Å². The Morgan fingerprint density at radius 3 is 1.07 bits per heavy atom. The summed E-state index contributed by atoms with van der Waals surface area (Å²) in [5.41, 5.74) is 3.21. The van der Waals surface area contributed by atoms with E-state index in [0.29, 0.717) is 24.0 Å². The first-order valence-electron chi connectivity index (χ1n) is 14.0. The van der Waals surface area contributed by atoms with Crippen molar-refractivity contribution in [3.63, 3.8) is 0 Å². The van der Waals surface area contributed by atoms with Crippen LogP contribution in [0.1, 0.15) is 75.6 Å². The quantitative estimate of drug-likeness (QED) is 0.140. The van der Waals surface area contributed by atoms with Gasteiger partial charge in [0.05, 0.1) is 9.79 Å². The van der Waals surface area contributed by atoms with Gasteiger partial charge in [0, 0.05) is 0 Å². The molecule has 0 N–H and O–H groups in total. The molecule has 0 saturated carbocycles. The van der Waals surface area contributed by atoms with Gasteiger partial charge >= 0.3 is 37.7 Å². The zero-order chi connectivity index (χ0) is 29.5. The molecule has 4 rings (SSSR count). The summed E-state index contributed by atoms with van der Waals surface area (Å²) in [7, 11) is -8.88. The number of hydrogen-bond donors (Lipinski definition) is 0. The van der Waals surface area contributed by atoms with Crippen LogP contribution >= 0.6 is 0 Å². The zero-order valence-electron chi connectivity index (χ0n) is 24.4. The minimum Gasteiger partial charge on any atom is -0.744 e. The molecule has 0 aliphatic rings. The van der Waals surface area contributed by atoms with Crippen LogP contribution in [0.15, 0.2) is 70.5 Å². The molecule has 0 aliphatic carbocycles. The van der Waals surface area contributed by atoms with Crippen molar-refractivity contribution in [1.29, 1.82) is 0 Å². The van der Waals surface area contributed by atoms with E-state index in [0.717, 1.165) is 71.2 Å². The van der Waals surface area contributed by atoms with E-state index in [4.69, 9.17) is 0 Å². The van der Waals surface area contributed by atoms with Crippen molar-refractivity contribution in [2.45, 2.75) is 88.9 Å². The zero-order valence-corrected chi connectivity index (χ0v) is 28.2. The van der Waals surface area contributed by atoms with E-state index in [9.17, 15) is 25.9 Å². The first-order chi connectivity index (χ1) is 19.0. The molecule has 4 aromatic rings. The van der Waals surface area contributed by atoms with Gasteiger partial charge in [-0.3, -0.25) is 0 Å². The summed E-state index contributed by atoms with van der Waals surface area (Å²) in [6, 6.07) is 18.7. The van der Waals surface area contributed by atoms with Crippen LogP contribution < -0.4 is 0 Å². The van der Waals surface area contributed by atoms with Crippen molar-refractivity contribution < 1.29 is 25.9 Å². The van der Waals surface area contributed by atoms with Crippen LogP contribution in [0, 0.1) is 0 Å². The molecule has 6 nitrogen and oxygen atoms in total. The van der Waals surface area contributed by atoms with Crippen molar-refractivity contribution in [2.24, 2.45) is 0 Å². The summed E-state index contributed by atoms with van der Waals surface area (Å²) >= 11 is 0. The second kappa shape index (κ2) is 15.8. The molecule has 216 valence electrons. The van der Waals surface area contributed by atoms with Crippen LogP contribution in [-0.2, 0) is 45.9 Å². The average molecular weight is 623 g/mol. The molecule has 0 amide bonds. The van der Waals surface area contributed by atoms with Gasteiger partial charge in [0.2, 0.25) is 0 Å². The van der Waals surface area contributed by atoms with Gasteiger partial charge in [-0.2, -0.15) is 0 Å². The normalized spacial score (nSPS) is 11.7. The van der Waals surface area contributed by atoms with Gasteiger partial charge < -0.3 is 9.11 Å². The third-order valence-corrected chi connectivity index (χ3v) is 8.78. The third-order valence-electron chi connectivity index (χ3n) is 6.98. The Labute approximate surface area is 275 Å². The Balaban J connectivity index is 0.000000280. The maximum Gasteiger partial charge on any atom is 2.00 e. The molecule has 0 radical (unpaired) electrons. The van der Waals surface area contributed by atoms with E-state index in [-0.39, 0.29) is 47.5 Å². The molecular weight excluding hydrogens is 585 g/mol. The minimum atomic E-state index is -4.44. The van der Waals surface area contributed by atoms with Crippen molar-refractivity contribution in [3.05, 3.63) is 82.9 Å². The van der Waals surface area contributed by atoms with E-state index in [1.54, 1.807) is 12.1 Å². The summed E-state index contributed by atoms with van der Waals surface area (Å²) < 4.78 is 69.4. The van der Waals surface area contributed by atoms with Crippen LogP contribution in [0.25, 0.3) is 21.5 Å². The second-order valence-corrected chi connectivity index (χ2v) is 12.7. The summed E-state index contributed by atoms with van der Waals surface area (Å²) in [6.07, 6.45) is 6.18. The molecule has 0 spiro atoms. The molecule has 0 saturated heterocycles. The van der Waals surface area contributed by atoms with Gasteiger partial charge in [0.25, 0.3) is 0 Å². The van der Waals surface area contributed by atoms with Crippen molar-refractivity contribution in [1.82, 2.24) is 0 Å². The Hall–Kier alpha value is -1.52. The number of aryl methyl sites for hydroxylation is 4. The van der Waals surface area contributed by atoms with Gasteiger partial charge in [-0.25, -0.2) is 16.8 Å². The fourth-order valence-electron chi connectivity index (χ4n) is 5.38. The molecule has 0 fully saturated rings. The molecule has 0 heterocycles. The first-order valence-corrected chi connectivity index (χ1v) is 16.8. The largest absolute Gasteiger partial charge is 2.00 e. The maximum atomic E-state index is 11.6. The molecule has 0 aromatic heterocycles. The molecule has 0 aliphatic heterocycles. The summed E-state index contributed by atoms with van der Waals surface area (Å²) in [5, 5.41) is 3.92. The Morgan fingerprint density at radius 2 is 0.805 bits per heavy atom. The molecule has 0 atom stereocenters. The Bertz CT molecular complexity index is 1570. The summed E-state index contributed by atoms with van der Waals surface area (Å²) in [4.78, 5) is -0.0806. The van der Waals surface area contributed by atoms with Crippen molar-refractivity contribution in [3.8, 4) is 0 Å². The van der Waals surface area contributed by atoms with Gasteiger partial charge in [-0.15, -0.1) is 0 Å². The predicted molar refractivity (Wildman–Crippen MR) is 166 cm³/mol. The maximum absolute atomic E-state index is 11.6. The summed E-state index contributed by atoms with van der Waals surface area (Å²) in [6.45, 7) is 8.05. The second-order valence-electron chi connectivity index (χ2n) is 10.0. The molecular formula is C32H38CaO6S2. The minimum absolute atomic E-state index is 0. The SMILES string of the molecule is CCCc1cc(S(=O)(=O)[O-])c(CCC)c2ccccc12.CCCc1cc(S(=O)(=O)[O-])c(CCC)c2ccccc12.[Ca+2]. The van der Waals surface area contributed by atoms with Crippen LogP contribution in [0.4, 0.5) is 0 Å². The Kier molecular flexibility index (Phi) is 13.8. The molecule has 0 bridgehead atoms. The van der Waals surface area contributed by atoms with Crippen molar-refractivity contribution >= 4 is 79.5 Å². The van der Waals surface area contributed by atoms with Gasteiger partial charge in [-0.05, 0) is 81.6 Å². The number of hydrogen-bond acceptors (Lipinski definition) is 6. The number of fused-ring (bicyclic) bond motifs is 2. The average Bonchev–Trinajstić information content (AvgIpc) is 2.90. The van der Waals surface area contributed by atoms with E-state index in [2.05, 4.69) is 0 Å². The van der Waals surface area contributed by atoms with Crippen LogP contribution in [-0.4, -0.2) is 63.7 Å². The first kappa shape index (κ1) is 35.7. The standard InChI is InChI=1S/2C16H20O3S.Ca/c2*1-3-7-12-11-16(20(17,18)19)15(8-4-2)14-10-6-5-9-13(12)14;/h2*5-6,9-11H,3-4,7-8H2,1-2H3,(H,17,18,19);/q;;+2/p-2. The van der Waals surface area contributed by atoms with Gasteiger partial charge in [0.15, 0.2) is 0 Å². The smallest absolute Gasteiger partial charge is 0.744 e. The third kappa shape index (κ3) is 8.75. The van der Waals surface area contributed by atoms with E-state index in [1.807, 2.05) is 76.2 Å².